The molecule has 0 aliphatic carbocycles. The smallest absolute Gasteiger partial charge is 0.215 e. The highest BCUT2D eigenvalue weighted by atomic mass is 32.2. The van der Waals surface area contributed by atoms with E-state index >= 15 is 0 Å². The van der Waals surface area contributed by atoms with Gasteiger partial charge in [-0.25, -0.2) is 8.42 Å². The lowest BCUT2D eigenvalue weighted by atomic mass is 9.96. The fraction of sp³-hybridized carbons (Fsp3) is 0.545. The van der Waals surface area contributed by atoms with Gasteiger partial charge in [0, 0.05) is 18.3 Å². The Morgan fingerprint density at radius 1 is 1.50 bits per heavy atom. The summed E-state index contributed by atoms with van der Waals surface area (Å²) in [5, 5.41) is 3.24. The van der Waals surface area contributed by atoms with Crippen molar-refractivity contribution in [3.63, 3.8) is 0 Å². The van der Waals surface area contributed by atoms with Crippen LogP contribution < -0.4 is 11.1 Å². The Labute approximate surface area is 106 Å². The number of pyridine rings is 1. The van der Waals surface area contributed by atoms with Crippen LogP contribution in [-0.4, -0.2) is 36.2 Å². The van der Waals surface area contributed by atoms with E-state index in [9.17, 15) is 8.42 Å². The molecule has 3 N–H and O–H groups in total. The minimum atomic E-state index is -3.04. The van der Waals surface area contributed by atoms with Gasteiger partial charge in [-0.3, -0.25) is 10.3 Å². The van der Waals surface area contributed by atoms with Gasteiger partial charge in [-0.05, 0) is 24.5 Å². The fourth-order valence-electron chi connectivity index (χ4n) is 2.76. The Kier molecular flexibility index (Phi) is 2.76. The number of sulfonamides is 1. The van der Waals surface area contributed by atoms with Gasteiger partial charge in [-0.15, -0.1) is 0 Å². The molecule has 2 aliphatic heterocycles. The average molecular weight is 268 g/mol. The molecule has 2 aliphatic rings. The second-order valence-electron chi connectivity index (χ2n) is 4.80. The molecule has 2 saturated heterocycles. The van der Waals surface area contributed by atoms with E-state index in [1.807, 2.05) is 6.07 Å². The molecule has 18 heavy (non-hydrogen) atoms. The Morgan fingerprint density at radius 2 is 2.33 bits per heavy atom. The van der Waals surface area contributed by atoms with Crippen molar-refractivity contribution in [2.45, 2.75) is 24.9 Å². The monoisotopic (exact) mass is 268 g/mol. The number of hydrogen-bond acceptors (Lipinski definition) is 5. The number of aromatic nitrogens is 1. The molecule has 0 spiro atoms. The highest BCUT2D eigenvalue weighted by Gasteiger charge is 2.41. The van der Waals surface area contributed by atoms with Crippen molar-refractivity contribution in [3.8, 4) is 0 Å². The molecule has 0 amide bonds. The van der Waals surface area contributed by atoms with E-state index in [0.717, 1.165) is 12.0 Å². The van der Waals surface area contributed by atoms with Crippen molar-refractivity contribution >= 4 is 15.7 Å². The minimum absolute atomic E-state index is 0.105. The Morgan fingerprint density at radius 3 is 3.11 bits per heavy atom. The maximum Gasteiger partial charge on any atom is 0.215 e. The summed E-state index contributed by atoms with van der Waals surface area (Å²) in [5.41, 5.74) is 7.57. The number of nitrogens with zero attached hydrogens (tertiary/aromatic N) is 2. The largest absolute Gasteiger partial charge is 0.397 e. The van der Waals surface area contributed by atoms with Crippen molar-refractivity contribution in [3.05, 3.63) is 24.0 Å². The number of hydrogen-bond donors (Lipinski definition) is 2. The van der Waals surface area contributed by atoms with Gasteiger partial charge in [0.1, 0.15) is 0 Å². The van der Waals surface area contributed by atoms with Gasteiger partial charge in [0.05, 0.1) is 24.3 Å². The molecule has 7 heteroatoms. The number of nitrogens with two attached hydrogens (primary N) is 1. The van der Waals surface area contributed by atoms with Gasteiger partial charge in [-0.2, -0.15) is 4.31 Å². The van der Waals surface area contributed by atoms with E-state index in [-0.39, 0.29) is 17.8 Å². The highest BCUT2D eigenvalue weighted by molar-refractivity contribution is 7.89. The Hall–Kier alpha value is -1.18. The Balaban J connectivity index is 1.82. The van der Waals surface area contributed by atoms with Gasteiger partial charge < -0.3 is 5.73 Å². The lowest BCUT2D eigenvalue weighted by Crippen LogP contribution is -2.48. The van der Waals surface area contributed by atoms with Crippen LogP contribution in [0.2, 0.25) is 0 Å². The van der Waals surface area contributed by atoms with Crippen LogP contribution in [0.3, 0.4) is 0 Å². The molecule has 0 bridgehead atoms. The Bertz CT molecular complexity index is 560. The summed E-state index contributed by atoms with van der Waals surface area (Å²) in [7, 11) is -3.04. The standard InChI is InChI=1S/C11H16N4O2S/c12-10-6-13-3-1-9(10)11-5-8-2-4-18(16,17)15(8)7-14-11/h1,3,6,8,11,14H,2,4-5,7,12H2. The molecule has 2 unspecified atom stereocenters. The summed E-state index contributed by atoms with van der Waals surface area (Å²) >= 11 is 0. The van der Waals surface area contributed by atoms with Crippen LogP contribution in [0.25, 0.3) is 0 Å². The van der Waals surface area contributed by atoms with Crippen molar-refractivity contribution in [1.82, 2.24) is 14.6 Å². The topological polar surface area (TPSA) is 88.3 Å². The van der Waals surface area contributed by atoms with Crippen LogP contribution in [0.15, 0.2) is 18.5 Å². The zero-order valence-electron chi connectivity index (χ0n) is 9.91. The van der Waals surface area contributed by atoms with Crippen LogP contribution in [0.1, 0.15) is 24.4 Å². The summed E-state index contributed by atoms with van der Waals surface area (Å²) in [6.45, 7) is 0.374. The van der Waals surface area contributed by atoms with Gasteiger partial charge in [0.2, 0.25) is 10.0 Å². The molecule has 2 fully saturated rings. The third-order valence-corrected chi connectivity index (χ3v) is 5.63. The summed E-state index contributed by atoms with van der Waals surface area (Å²) in [5.74, 6) is 0.262. The predicted molar refractivity (Wildman–Crippen MR) is 68.0 cm³/mol. The maximum atomic E-state index is 11.8. The van der Waals surface area contributed by atoms with Crippen LogP contribution in [0, 0.1) is 0 Å². The molecule has 3 heterocycles. The number of nitrogens with one attached hydrogen (secondary N) is 1. The van der Waals surface area contributed by atoms with Crippen molar-refractivity contribution in [2.24, 2.45) is 0 Å². The quantitative estimate of drug-likeness (QED) is 0.752. The van der Waals surface area contributed by atoms with E-state index < -0.39 is 10.0 Å². The second kappa shape index (κ2) is 4.18. The number of fused-ring (bicyclic) bond motifs is 1. The van der Waals surface area contributed by atoms with Crippen molar-refractivity contribution in [1.29, 1.82) is 0 Å². The van der Waals surface area contributed by atoms with Crippen molar-refractivity contribution < 1.29 is 8.42 Å². The normalized spacial score (nSPS) is 31.1. The summed E-state index contributed by atoms with van der Waals surface area (Å²) < 4.78 is 25.1. The van der Waals surface area contributed by atoms with E-state index in [1.54, 1.807) is 16.7 Å². The van der Waals surface area contributed by atoms with E-state index in [2.05, 4.69) is 10.3 Å². The zero-order valence-corrected chi connectivity index (χ0v) is 10.7. The van der Waals surface area contributed by atoms with Crippen molar-refractivity contribution in [2.75, 3.05) is 18.2 Å². The molecule has 6 nitrogen and oxygen atoms in total. The lowest BCUT2D eigenvalue weighted by Gasteiger charge is -2.35. The maximum absolute atomic E-state index is 11.8. The van der Waals surface area contributed by atoms with Crippen LogP contribution in [-0.2, 0) is 10.0 Å². The molecule has 3 rings (SSSR count). The molecular formula is C11H16N4O2S. The molecular weight excluding hydrogens is 252 g/mol. The first kappa shape index (κ1) is 11.9. The van der Waals surface area contributed by atoms with Crippen LogP contribution in [0.4, 0.5) is 5.69 Å². The summed E-state index contributed by atoms with van der Waals surface area (Å²) in [6, 6.07) is 2.11. The average Bonchev–Trinajstić information content (AvgIpc) is 2.66. The van der Waals surface area contributed by atoms with Gasteiger partial charge in [-0.1, -0.05) is 0 Å². The second-order valence-corrected chi connectivity index (χ2v) is 6.84. The van der Waals surface area contributed by atoms with Gasteiger partial charge in [0.15, 0.2) is 0 Å². The number of nitrogen functional groups attached to an aromatic ring is 1. The van der Waals surface area contributed by atoms with E-state index in [4.69, 9.17) is 5.73 Å². The molecule has 0 saturated carbocycles. The molecule has 98 valence electrons. The summed E-state index contributed by atoms with van der Waals surface area (Å²) in [4.78, 5) is 3.97. The van der Waals surface area contributed by atoms with E-state index in [1.165, 1.54) is 0 Å². The minimum Gasteiger partial charge on any atom is -0.397 e. The SMILES string of the molecule is Nc1cnccc1C1CC2CCS(=O)(=O)N2CN1. The predicted octanol–water partition coefficient (Wildman–Crippen LogP) is 0.0598. The van der Waals surface area contributed by atoms with Crippen LogP contribution >= 0.6 is 0 Å². The fourth-order valence-corrected chi connectivity index (χ4v) is 4.48. The van der Waals surface area contributed by atoms with Crippen LogP contribution in [0.5, 0.6) is 0 Å². The number of anilines is 1. The molecule has 1 aromatic rings. The molecule has 2 atom stereocenters. The first-order valence-electron chi connectivity index (χ1n) is 6.00. The number of rotatable bonds is 1. The lowest BCUT2D eigenvalue weighted by molar-refractivity contribution is 0.215. The zero-order chi connectivity index (χ0) is 12.8. The summed E-state index contributed by atoms with van der Waals surface area (Å²) in [6.07, 6.45) is 4.83. The molecule has 0 radical (unpaired) electrons. The molecule has 0 aromatic carbocycles. The van der Waals surface area contributed by atoms with Gasteiger partial charge >= 0.3 is 0 Å². The highest BCUT2D eigenvalue weighted by Crippen LogP contribution is 2.34. The van der Waals surface area contributed by atoms with E-state index in [0.29, 0.717) is 18.8 Å². The van der Waals surface area contributed by atoms with Gasteiger partial charge in [0.25, 0.3) is 0 Å². The first-order valence-corrected chi connectivity index (χ1v) is 7.61. The third-order valence-electron chi connectivity index (χ3n) is 3.74. The first-order chi connectivity index (χ1) is 8.58. The molecule has 1 aromatic heterocycles. The third kappa shape index (κ3) is 1.88.